The van der Waals surface area contributed by atoms with Crippen molar-refractivity contribution in [1.82, 2.24) is 4.90 Å². The molecule has 0 N–H and O–H groups in total. The van der Waals surface area contributed by atoms with Gasteiger partial charge in [0.25, 0.3) is 0 Å². The number of rotatable bonds is 20. The van der Waals surface area contributed by atoms with E-state index in [1.165, 1.54) is 25.7 Å². The largest absolute Gasteiger partial charge is 0.462 e. The summed E-state index contributed by atoms with van der Waals surface area (Å²) >= 11 is 0. The van der Waals surface area contributed by atoms with E-state index in [0.29, 0.717) is 32.5 Å². The highest BCUT2D eigenvalue weighted by Gasteiger charge is 2.36. The smallest absolute Gasteiger partial charge is 0.306 e. The number of allylic oxidation sites excluding steroid dienone is 4. The Hall–Kier alpha value is -1.67. The maximum absolute atomic E-state index is 12.6. The van der Waals surface area contributed by atoms with Crippen LogP contribution in [0.25, 0.3) is 0 Å². The van der Waals surface area contributed by atoms with Gasteiger partial charge < -0.3 is 9.47 Å². The Morgan fingerprint density at radius 3 is 1.95 bits per heavy atom. The van der Waals surface area contributed by atoms with E-state index < -0.39 is 26.4 Å². The number of carbonyl (C=O) groups excluding carboxylic acids is 2. The molecule has 0 aromatic carbocycles. The summed E-state index contributed by atoms with van der Waals surface area (Å²) in [7, 11) is -3.15. The molecule has 0 saturated carbocycles. The third kappa shape index (κ3) is 15.1. The second kappa shape index (κ2) is 20.3. The van der Waals surface area contributed by atoms with Crippen molar-refractivity contribution in [1.29, 1.82) is 0 Å². The highest BCUT2D eigenvalue weighted by molar-refractivity contribution is 7.92. The fraction of sp³-hybridized carbons (Fsp3) is 0.800. The van der Waals surface area contributed by atoms with Crippen molar-refractivity contribution in [2.75, 3.05) is 26.2 Å². The molecule has 0 aromatic heterocycles. The van der Waals surface area contributed by atoms with Crippen molar-refractivity contribution >= 4 is 21.8 Å². The Bertz CT molecular complexity index is 805. The maximum Gasteiger partial charge on any atom is 0.306 e. The average Bonchev–Trinajstić information content (AvgIpc) is 2.87. The van der Waals surface area contributed by atoms with E-state index in [1.807, 2.05) is 11.0 Å². The molecule has 0 spiro atoms. The third-order valence-electron chi connectivity index (χ3n) is 6.89. The van der Waals surface area contributed by atoms with Crippen LogP contribution in [-0.4, -0.2) is 68.1 Å². The van der Waals surface area contributed by atoms with Gasteiger partial charge in [-0.15, -0.1) is 0 Å². The molecule has 3 unspecified atom stereocenters. The van der Waals surface area contributed by atoms with Gasteiger partial charge in [0.05, 0.1) is 10.5 Å². The molecule has 1 aliphatic rings. The second-order valence-corrected chi connectivity index (χ2v) is 13.4. The molecule has 0 radical (unpaired) electrons. The van der Waals surface area contributed by atoms with Crippen LogP contribution in [0, 0.1) is 0 Å². The van der Waals surface area contributed by atoms with Crippen LogP contribution in [-0.2, 0) is 28.9 Å². The molecule has 3 atom stereocenters. The lowest BCUT2D eigenvalue weighted by atomic mass is 10.1. The Balaban J connectivity index is 2.54. The van der Waals surface area contributed by atoms with Crippen LogP contribution in [0.15, 0.2) is 24.3 Å². The molecule has 0 aliphatic carbocycles. The van der Waals surface area contributed by atoms with Gasteiger partial charge in [0, 0.05) is 32.5 Å². The quantitative estimate of drug-likeness (QED) is 0.101. The fourth-order valence-corrected chi connectivity index (χ4v) is 6.14. The van der Waals surface area contributed by atoms with Crippen LogP contribution >= 0.6 is 0 Å². The third-order valence-corrected chi connectivity index (χ3v) is 9.43. The minimum Gasteiger partial charge on any atom is -0.462 e. The number of hydrogen-bond donors (Lipinski definition) is 0. The highest BCUT2D eigenvalue weighted by Crippen LogP contribution is 2.19. The van der Waals surface area contributed by atoms with Gasteiger partial charge in [-0.1, -0.05) is 63.8 Å². The molecular weight excluding hydrogens is 502 g/mol. The number of sulfone groups is 1. The molecule has 0 amide bonds. The molecule has 38 heavy (non-hydrogen) atoms. The Labute approximate surface area is 232 Å². The van der Waals surface area contributed by atoms with Crippen LogP contribution in [0.3, 0.4) is 0 Å². The van der Waals surface area contributed by atoms with Crippen LogP contribution in [0.2, 0.25) is 0 Å². The molecule has 1 saturated heterocycles. The second-order valence-electron chi connectivity index (χ2n) is 10.6. The number of nitrogens with zero attached hydrogens (tertiary/aromatic N) is 1. The zero-order valence-electron chi connectivity index (χ0n) is 24.4. The molecule has 1 rings (SSSR count). The molecule has 8 heteroatoms. The number of carbonyl (C=O) groups is 2. The zero-order valence-corrected chi connectivity index (χ0v) is 25.2. The van der Waals surface area contributed by atoms with Gasteiger partial charge in [0.1, 0.15) is 12.7 Å². The normalized spacial score (nSPS) is 20.6. The van der Waals surface area contributed by atoms with E-state index in [0.717, 1.165) is 38.5 Å². The summed E-state index contributed by atoms with van der Waals surface area (Å²) in [6.07, 6.45) is 19.8. The van der Waals surface area contributed by atoms with Gasteiger partial charge in [0.15, 0.2) is 9.84 Å². The van der Waals surface area contributed by atoms with E-state index >= 15 is 0 Å². The Kier molecular flexibility index (Phi) is 18.3. The van der Waals surface area contributed by atoms with E-state index in [2.05, 4.69) is 32.1 Å². The first kappa shape index (κ1) is 34.4. The lowest BCUT2D eigenvalue weighted by Gasteiger charge is -2.36. The average molecular weight is 556 g/mol. The van der Waals surface area contributed by atoms with Crippen molar-refractivity contribution in [2.45, 2.75) is 128 Å². The van der Waals surface area contributed by atoms with E-state index in [9.17, 15) is 18.0 Å². The predicted molar refractivity (Wildman–Crippen MR) is 155 cm³/mol. The summed E-state index contributed by atoms with van der Waals surface area (Å²) in [4.78, 5) is 26.9. The van der Waals surface area contributed by atoms with Crippen molar-refractivity contribution in [3.05, 3.63) is 24.3 Å². The Morgan fingerprint density at radius 1 is 0.789 bits per heavy atom. The highest BCUT2D eigenvalue weighted by atomic mass is 32.2. The van der Waals surface area contributed by atoms with E-state index in [-0.39, 0.29) is 25.0 Å². The van der Waals surface area contributed by atoms with Crippen LogP contribution in [0.5, 0.6) is 0 Å². The Morgan fingerprint density at radius 2 is 1.34 bits per heavy atom. The SMILES string of the molecule is CCCC/C=C\CCCCC(=O)OC(COC(=O)CC/C=C\CCCCC)CN1CC(C)S(=O)(=O)C(C)C1. The first-order chi connectivity index (χ1) is 18.2. The van der Waals surface area contributed by atoms with Gasteiger partial charge in [-0.25, -0.2) is 8.42 Å². The first-order valence-corrected chi connectivity index (χ1v) is 16.4. The molecule has 1 heterocycles. The minimum atomic E-state index is -3.15. The van der Waals surface area contributed by atoms with Gasteiger partial charge in [-0.2, -0.15) is 0 Å². The predicted octanol–water partition coefficient (Wildman–Crippen LogP) is 6.17. The van der Waals surface area contributed by atoms with E-state index in [4.69, 9.17) is 9.47 Å². The summed E-state index contributed by atoms with van der Waals surface area (Å²) in [5.41, 5.74) is 0. The zero-order chi connectivity index (χ0) is 28.2. The van der Waals surface area contributed by atoms with Gasteiger partial charge in [-0.05, 0) is 58.8 Å². The molecule has 0 aromatic rings. The number of unbranched alkanes of at least 4 members (excludes halogenated alkanes) is 7. The summed E-state index contributed by atoms with van der Waals surface area (Å²) in [5, 5.41) is -0.973. The van der Waals surface area contributed by atoms with E-state index in [1.54, 1.807) is 13.8 Å². The van der Waals surface area contributed by atoms with Crippen LogP contribution < -0.4 is 0 Å². The molecule has 1 fully saturated rings. The monoisotopic (exact) mass is 555 g/mol. The maximum atomic E-state index is 12.6. The minimum absolute atomic E-state index is 0.0169. The van der Waals surface area contributed by atoms with Crippen molar-refractivity contribution in [3.8, 4) is 0 Å². The van der Waals surface area contributed by atoms with Gasteiger partial charge in [0.2, 0.25) is 0 Å². The summed E-state index contributed by atoms with van der Waals surface area (Å²) in [6.45, 7) is 8.86. The lowest BCUT2D eigenvalue weighted by Crippen LogP contribution is -2.52. The lowest BCUT2D eigenvalue weighted by molar-refractivity contribution is -0.160. The topological polar surface area (TPSA) is 90.0 Å². The molecular formula is C30H53NO6S. The van der Waals surface area contributed by atoms with Gasteiger partial charge in [-0.3, -0.25) is 14.5 Å². The first-order valence-electron chi connectivity index (χ1n) is 14.8. The standard InChI is InChI=1S/C30H53NO6S/c1-5-7-9-11-13-15-17-19-21-30(33)37-28(24-31-22-26(3)38(34,35)27(4)23-31)25-36-29(32)20-18-16-14-12-10-8-6-2/h11,13-14,16,26-28H,5-10,12,15,17-25H2,1-4H3/b13-11-,16-14-. The summed E-state index contributed by atoms with van der Waals surface area (Å²) in [5.74, 6) is -0.621. The number of esters is 2. The number of ether oxygens (including phenoxy) is 2. The fourth-order valence-electron chi connectivity index (χ4n) is 4.51. The summed E-state index contributed by atoms with van der Waals surface area (Å²) in [6, 6.07) is 0. The van der Waals surface area contributed by atoms with Crippen molar-refractivity contribution < 1.29 is 27.5 Å². The van der Waals surface area contributed by atoms with Crippen molar-refractivity contribution in [3.63, 3.8) is 0 Å². The molecule has 0 bridgehead atoms. The molecule has 220 valence electrons. The van der Waals surface area contributed by atoms with Crippen LogP contribution in [0.1, 0.15) is 111 Å². The number of hydrogen-bond acceptors (Lipinski definition) is 7. The van der Waals surface area contributed by atoms with Gasteiger partial charge >= 0.3 is 11.9 Å². The summed E-state index contributed by atoms with van der Waals surface area (Å²) < 4.78 is 36.0. The molecule has 7 nitrogen and oxygen atoms in total. The van der Waals surface area contributed by atoms with Crippen LogP contribution in [0.4, 0.5) is 0 Å². The van der Waals surface area contributed by atoms with Crippen molar-refractivity contribution in [2.24, 2.45) is 0 Å². The molecule has 1 aliphatic heterocycles.